The predicted octanol–water partition coefficient (Wildman–Crippen LogP) is 1.38. The lowest BCUT2D eigenvalue weighted by atomic mass is 10.6. The van der Waals surface area contributed by atoms with Crippen LogP contribution >= 0.6 is 23.2 Å². The summed E-state index contributed by atoms with van der Waals surface area (Å²) >= 11 is 10.6. The minimum absolute atomic E-state index is 0. The molecule has 0 radical (unpaired) electrons. The Kier molecular flexibility index (Phi) is 4.33. The van der Waals surface area contributed by atoms with Gasteiger partial charge in [-0.2, -0.15) is 0 Å². The van der Waals surface area contributed by atoms with Gasteiger partial charge in [-0.25, -0.2) is 0 Å². The fourth-order valence-corrected chi connectivity index (χ4v) is 0. The average Bonchev–Trinajstić information content (AvgIpc) is 0.722. The molecule has 0 atom stereocenters. The van der Waals surface area contributed by atoms with Crippen LogP contribution in [0.3, 0.4) is 0 Å². The molecular formula is C3H8Cl2O. The zero-order valence-electron chi connectivity index (χ0n) is 3.76. The highest BCUT2D eigenvalue weighted by atomic mass is 35.5. The van der Waals surface area contributed by atoms with Crippen molar-refractivity contribution < 1.29 is 5.48 Å². The molecule has 0 aliphatic rings. The zero-order chi connectivity index (χ0) is 4.50. The largest absolute Gasteiger partial charge is 0.412 e. The Hall–Kier alpha value is 0.540. The Morgan fingerprint density at radius 1 is 1.17 bits per heavy atom. The third-order valence-electron chi connectivity index (χ3n) is 0. The molecule has 0 aromatic heterocycles. The van der Waals surface area contributed by atoms with Gasteiger partial charge in [-0.15, -0.1) is 23.2 Å². The fraction of sp³-hybridized carbons (Fsp3) is 1.00. The molecule has 0 unspecified atom stereocenters. The summed E-state index contributed by atoms with van der Waals surface area (Å²) in [5.41, 5.74) is 0. The van der Waals surface area contributed by atoms with E-state index in [4.69, 9.17) is 23.2 Å². The molecule has 0 rings (SSSR count). The van der Waals surface area contributed by atoms with Gasteiger partial charge in [0.25, 0.3) is 0 Å². The molecule has 0 saturated carbocycles. The summed E-state index contributed by atoms with van der Waals surface area (Å²) < 4.78 is -0.556. The minimum Gasteiger partial charge on any atom is -0.412 e. The van der Waals surface area contributed by atoms with Crippen molar-refractivity contribution in [1.82, 2.24) is 0 Å². The Bertz CT molecular complexity index is 24.3. The van der Waals surface area contributed by atoms with Crippen LogP contribution in [0.15, 0.2) is 0 Å². The van der Waals surface area contributed by atoms with Gasteiger partial charge in [0.05, 0.1) is 0 Å². The second-order valence-corrected chi connectivity index (χ2v) is 3.41. The van der Waals surface area contributed by atoms with E-state index < -0.39 is 4.33 Å². The van der Waals surface area contributed by atoms with Crippen molar-refractivity contribution in [3.63, 3.8) is 0 Å². The molecule has 0 bridgehead atoms. The van der Waals surface area contributed by atoms with Crippen molar-refractivity contribution in [3.05, 3.63) is 0 Å². The number of halogens is 2. The molecule has 0 aliphatic heterocycles. The topological polar surface area (TPSA) is 31.5 Å². The first-order valence-electron chi connectivity index (χ1n) is 1.38. The van der Waals surface area contributed by atoms with E-state index in [-0.39, 0.29) is 5.48 Å². The first kappa shape index (κ1) is 9.74. The summed E-state index contributed by atoms with van der Waals surface area (Å²) in [5.74, 6) is 0. The van der Waals surface area contributed by atoms with Gasteiger partial charge in [0.1, 0.15) is 4.33 Å². The molecule has 0 aliphatic carbocycles. The van der Waals surface area contributed by atoms with E-state index in [2.05, 4.69) is 0 Å². The summed E-state index contributed by atoms with van der Waals surface area (Å²) in [5, 5.41) is 0. The van der Waals surface area contributed by atoms with Crippen molar-refractivity contribution in [2.24, 2.45) is 0 Å². The summed E-state index contributed by atoms with van der Waals surface area (Å²) in [4.78, 5) is 0. The summed E-state index contributed by atoms with van der Waals surface area (Å²) in [6.07, 6.45) is 0. The first-order chi connectivity index (χ1) is 2.00. The quantitative estimate of drug-likeness (QED) is 0.444. The summed E-state index contributed by atoms with van der Waals surface area (Å²) in [6.45, 7) is 3.44. The molecule has 0 spiro atoms. The van der Waals surface area contributed by atoms with E-state index in [0.717, 1.165) is 0 Å². The first-order valence-corrected chi connectivity index (χ1v) is 2.13. The second kappa shape index (κ2) is 2.67. The Labute approximate surface area is 47.6 Å². The van der Waals surface area contributed by atoms with Crippen LogP contribution in [-0.4, -0.2) is 9.81 Å². The van der Waals surface area contributed by atoms with E-state index in [1.807, 2.05) is 0 Å². The molecule has 2 N–H and O–H groups in total. The average molecular weight is 131 g/mol. The molecule has 0 aromatic rings. The van der Waals surface area contributed by atoms with Crippen LogP contribution < -0.4 is 0 Å². The highest BCUT2D eigenvalue weighted by Crippen LogP contribution is 2.16. The molecule has 0 saturated heterocycles. The fourth-order valence-electron chi connectivity index (χ4n) is 0. The highest BCUT2D eigenvalue weighted by Gasteiger charge is 2.03. The van der Waals surface area contributed by atoms with Crippen molar-refractivity contribution >= 4 is 23.2 Å². The molecule has 0 amide bonds. The zero-order valence-corrected chi connectivity index (χ0v) is 5.27. The highest BCUT2D eigenvalue weighted by molar-refractivity contribution is 6.47. The maximum atomic E-state index is 5.30. The standard InChI is InChI=1S/C3H6Cl2.H2O/c1-3(2,4)5;/h1-2H3;1H2. The molecular weight excluding hydrogens is 123 g/mol. The Balaban J connectivity index is 0. The van der Waals surface area contributed by atoms with E-state index in [0.29, 0.717) is 0 Å². The lowest BCUT2D eigenvalue weighted by Crippen LogP contribution is -1.93. The lowest BCUT2D eigenvalue weighted by Gasteiger charge is -1.98. The summed E-state index contributed by atoms with van der Waals surface area (Å²) in [6, 6.07) is 0. The number of alkyl halides is 2. The third-order valence-corrected chi connectivity index (χ3v) is 0. The van der Waals surface area contributed by atoms with Crippen LogP contribution in [0.25, 0.3) is 0 Å². The minimum atomic E-state index is -0.556. The van der Waals surface area contributed by atoms with Gasteiger partial charge >= 0.3 is 0 Å². The molecule has 40 valence electrons. The Morgan fingerprint density at radius 3 is 1.17 bits per heavy atom. The molecule has 6 heavy (non-hydrogen) atoms. The molecule has 3 heteroatoms. The van der Waals surface area contributed by atoms with E-state index in [1.165, 1.54) is 0 Å². The normalized spacial score (nSPS) is 10.0. The molecule has 0 heterocycles. The van der Waals surface area contributed by atoms with Gasteiger partial charge in [0.15, 0.2) is 0 Å². The van der Waals surface area contributed by atoms with Gasteiger partial charge in [0.2, 0.25) is 0 Å². The van der Waals surface area contributed by atoms with Crippen LogP contribution in [0, 0.1) is 0 Å². The van der Waals surface area contributed by atoms with Gasteiger partial charge in [-0.1, -0.05) is 0 Å². The van der Waals surface area contributed by atoms with Gasteiger partial charge in [0, 0.05) is 0 Å². The third kappa shape index (κ3) is 195. The van der Waals surface area contributed by atoms with Crippen molar-refractivity contribution in [1.29, 1.82) is 0 Å². The smallest absolute Gasteiger partial charge is 0.112 e. The SMILES string of the molecule is CC(C)(Cl)Cl.O. The van der Waals surface area contributed by atoms with Gasteiger partial charge in [-0.3, -0.25) is 0 Å². The second-order valence-electron chi connectivity index (χ2n) is 1.33. The maximum absolute atomic E-state index is 5.30. The van der Waals surface area contributed by atoms with Crippen LogP contribution in [0.1, 0.15) is 13.8 Å². The van der Waals surface area contributed by atoms with Crippen molar-refractivity contribution in [3.8, 4) is 0 Å². The summed E-state index contributed by atoms with van der Waals surface area (Å²) in [7, 11) is 0. The lowest BCUT2D eigenvalue weighted by molar-refractivity contribution is 0.824. The monoisotopic (exact) mass is 130 g/mol. The Morgan fingerprint density at radius 2 is 1.17 bits per heavy atom. The van der Waals surface area contributed by atoms with Crippen LogP contribution in [-0.2, 0) is 0 Å². The molecule has 1 nitrogen and oxygen atoms in total. The van der Waals surface area contributed by atoms with Crippen LogP contribution in [0.5, 0.6) is 0 Å². The van der Waals surface area contributed by atoms with Crippen LogP contribution in [0.4, 0.5) is 0 Å². The molecule has 0 aromatic carbocycles. The molecule has 0 fully saturated rings. The van der Waals surface area contributed by atoms with E-state index in [1.54, 1.807) is 13.8 Å². The van der Waals surface area contributed by atoms with E-state index in [9.17, 15) is 0 Å². The van der Waals surface area contributed by atoms with Crippen LogP contribution in [0.2, 0.25) is 0 Å². The van der Waals surface area contributed by atoms with Gasteiger partial charge < -0.3 is 5.48 Å². The number of rotatable bonds is 0. The predicted molar refractivity (Wildman–Crippen MR) is 29.4 cm³/mol. The van der Waals surface area contributed by atoms with Crippen molar-refractivity contribution in [2.75, 3.05) is 0 Å². The van der Waals surface area contributed by atoms with Crippen molar-refractivity contribution in [2.45, 2.75) is 18.2 Å². The van der Waals surface area contributed by atoms with E-state index >= 15 is 0 Å². The maximum Gasteiger partial charge on any atom is 0.112 e. The van der Waals surface area contributed by atoms with Gasteiger partial charge in [-0.05, 0) is 13.8 Å². The number of hydrogen-bond donors (Lipinski definition) is 0. The number of hydrogen-bond acceptors (Lipinski definition) is 0.